The molecule has 0 radical (unpaired) electrons. The molecule has 0 saturated carbocycles. The molecular weight excluding hydrogens is 453 g/mol. The third kappa shape index (κ3) is 5.28. The molecule has 31 heavy (non-hydrogen) atoms. The summed E-state index contributed by atoms with van der Waals surface area (Å²) in [4.78, 5) is 23.2. The number of hydrogen-bond acceptors (Lipinski definition) is 5. The van der Waals surface area contributed by atoms with E-state index in [1.807, 2.05) is 54.6 Å². The molecule has 0 aliphatic carbocycles. The van der Waals surface area contributed by atoms with Crippen LogP contribution < -0.4 is 4.74 Å². The molecule has 5 nitrogen and oxygen atoms in total. The molecule has 0 spiro atoms. The van der Waals surface area contributed by atoms with Crippen molar-refractivity contribution in [1.29, 1.82) is 0 Å². The van der Waals surface area contributed by atoms with E-state index in [0.717, 1.165) is 16.9 Å². The highest BCUT2D eigenvalue weighted by molar-refractivity contribution is 8.18. The summed E-state index contributed by atoms with van der Waals surface area (Å²) in [6, 6.07) is 16.8. The Morgan fingerprint density at radius 3 is 2.55 bits per heavy atom. The van der Waals surface area contributed by atoms with Gasteiger partial charge in [0.2, 0.25) is 0 Å². The number of nitrogens with zero attached hydrogens (tertiary/aromatic N) is 3. The van der Waals surface area contributed by atoms with Gasteiger partial charge in [0.1, 0.15) is 12.4 Å². The maximum Gasteiger partial charge on any atom is 0.266 e. The first-order valence-corrected chi connectivity index (χ1v) is 10.9. The minimum absolute atomic E-state index is 0.114. The number of thioether (sulfide) groups is 1. The summed E-state index contributed by atoms with van der Waals surface area (Å²) in [7, 11) is 1.69. The van der Waals surface area contributed by atoms with Crippen LogP contribution in [0, 0.1) is 0 Å². The van der Waals surface area contributed by atoms with E-state index in [4.69, 9.17) is 27.9 Å². The first kappa shape index (κ1) is 21.4. The lowest BCUT2D eigenvalue weighted by molar-refractivity contribution is -0.121. The third-order valence-corrected chi connectivity index (χ3v) is 6.07. The Morgan fingerprint density at radius 1 is 1.10 bits per heavy atom. The van der Waals surface area contributed by atoms with Gasteiger partial charge in [-0.2, -0.15) is 0 Å². The molecular formula is C23H17Cl2N3O2S. The van der Waals surface area contributed by atoms with Crippen molar-refractivity contribution < 1.29 is 9.53 Å². The number of aromatic nitrogens is 1. The lowest BCUT2D eigenvalue weighted by atomic mass is 10.2. The van der Waals surface area contributed by atoms with Crippen LogP contribution in [0.15, 0.2) is 76.9 Å². The molecule has 1 aromatic heterocycles. The van der Waals surface area contributed by atoms with Gasteiger partial charge in [0.25, 0.3) is 5.91 Å². The molecule has 1 aliphatic rings. The molecule has 0 atom stereocenters. The predicted molar refractivity (Wildman–Crippen MR) is 127 cm³/mol. The van der Waals surface area contributed by atoms with Crippen LogP contribution in [0.1, 0.15) is 11.1 Å². The van der Waals surface area contributed by atoms with Crippen LogP contribution in [-0.4, -0.2) is 28.0 Å². The van der Waals surface area contributed by atoms with Crippen molar-refractivity contribution >= 4 is 57.8 Å². The van der Waals surface area contributed by atoms with E-state index in [2.05, 4.69) is 9.98 Å². The summed E-state index contributed by atoms with van der Waals surface area (Å²) >= 11 is 13.3. The molecule has 1 saturated heterocycles. The number of aliphatic imine (C=N–C) groups is 1. The zero-order chi connectivity index (χ0) is 21.8. The van der Waals surface area contributed by atoms with Gasteiger partial charge < -0.3 is 4.74 Å². The van der Waals surface area contributed by atoms with E-state index in [1.165, 1.54) is 22.9 Å². The molecule has 0 bridgehead atoms. The fourth-order valence-electron chi connectivity index (χ4n) is 2.77. The highest BCUT2D eigenvalue weighted by atomic mass is 35.5. The molecule has 8 heteroatoms. The van der Waals surface area contributed by atoms with E-state index in [1.54, 1.807) is 19.3 Å². The number of rotatable bonds is 5. The fraction of sp³-hybridized carbons (Fsp3) is 0.0870. The van der Waals surface area contributed by atoms with Crippen LogP contribution in [-0.2, 0) is 11.4 Å². The Hall–Kier alpha value is -2.80. The van der Waals surface area contributed by atoms with Crippen molar-refractivity contribution in [1.82, 2.24) is 9.88 Å². The SMILES string of the molecule is CN1C(=O)/C(=C/c2ccc(OCc3ccc(Cl)cc3)cc2)SC1=Nc1ccncc1Cl. The van der Waals surface area contributed by atoms with Crippen LogP contribution in [0.2, 0.25) is 10.0 Å². The third-order valence-electron chi connectivity index (χ3n) is 4.47. The van der Waals surface area contributed by atoms with Gasteiger partial charge in [-0.1, -0.05) is 47.5 Å². The molecule has 156 valence electrons. The second-order valence-electron chi connectivity index (χ2n) is 6.68. The Balaban J connectivity index is 1.45. The van der Waals surface area contributed by atoms with Crippen LogP contribution in [0.25, 0.3) is 6.08 Å². The second-order valence-corrected chi connectivity index (χ2v) is 8.53. The molecule has 0 N–H and O–H groups in total. The van der Waals surface area contributed by atoms with Gasteiger partial charge >= 0.3 is 0 Å². The smallest absolute Gasteiger partial charge is 0.266 e. The van der Waals surface area contributed by atoms with Crippen LogP contribution in [0.3, 0.4) is 0 Å². The number of benzene rings is 2. The van der Waals surface area contributed by atoms with Crippen molar-refractivity contribution in [2.75, 3.05) is 7.05 Å². The summed E-state index contributed by atoms with van der Waals surface area (Å²) in [6.07, 6.45) is 4.97. The van der Waals surface area contributed by atoms with Crippen molar-refractivity contribution in [3.05, 3.63) is 93.1 Å². The number of likely N-dealkylation sites (N-methyl/N-ethyl adjacent to an activating group) is 1. The maximum absolute atomic E-state index is 12.6. The first-order chi connectivity index (χ1) is 15.0. The zero-order valence-electron chi connectivity index (χ0n) is 16.5. The molecule has 1 aliphatic heterocycles. The van der Waals surface area contributed by atoms with E-state index in [9.17, 15) is 4.79 Å². The standard InChI is InChI=1S/C23H17Cl2N3O2S/c1-28-22(29)21(31-23(28)27-20-10-11-26-13-19(20)25)12-15-4-8-18(9-5-15)30-14-16-2-6-17(24)7-3-16/h2-13H,14H2,1H3/b21-12-,27-23?. The quantitative estimate of drug-likeness (QED) is 0.417. The van der Waals surface area contributed by atoms with E-state index in [0.29, 0.717) is 32.4 Å². The number of hydrogen-bond donors (Lipinski definition) is 0. The minimum Gasteiger partial charge on any atom is -0.489 e. The predicted octanol–water partition coefficient (Wildman–Crippen LogP) is 6.20. The molecule has 1 fully saturated rings. The summed E-state index contributed by atoms with van der Waals surface area (Å²) < 4.78 is 5.81. The number of ether oxygens (including phenoxy) is 1. The van der Waals surface area contributed by atoms with E-state index in [-0.39, 0.29) is 5.91 Å². The fourth-order valence-corrected chi connectivity index (χ4v) is 4.04. The molecule has 2 heterocycles. The molecule has 3 aromatic rings. The number of amidine groups is 1. The van der Waals surface area contributed by atoms with Gasteiger partial charge in [0.05, 0.1) is 15.6 Å². The summed E-state index contributed by atoms with van der Waals surface area (Å²) in [5, 5.41) is 1.69. The number of halogens is 2. The van der Waals surface area contributed by atoms with Crippen LogP contribution >= 0.6 is 35.0 Å². The lowest BCUT2D eigenvalue weighted by Crippen LogP contribution is -2.23. The van der Waals surface area contributed by atoms with Gasteiger partial charge in [0, 0.05) is 24.5 Å². The topological polar surface area (TPSA) is 54.8 Å². The monoisotopic (exact) mass is 469 g/mol. The lowest BCUT2D eigenvalue weighted by Gasteiger charge is -2.07. The second kappa shape index (κ2) is 9.56. The Bertz CT molecular complexity index is 1160. The minimum atomic E-state index is -0.114. The highest BCUT2D eigenvalue weighted by Gasteiger charge is 2.30. The first-order valence-electron chi connectivity index (χ1n) is 9.33. The number of carbonyl (C=O) groups is 1. The summed E-state index contributed by atoms with van der Waals surface area (Å²) in [5.74, 6) is 0.631. The molecule has 4 rings (SSSR count). The number of carbonyl (C=O) groups excluding carboxylic acids is 1. The van der Waals surface area contributed by atoms with Gasteiger partial charge in [-0.15, -0.1) is 0 Å². The number of pyridine rings is 1. The van der Waals surface area contributed by atoms with Crippen molar-refractivity contribution in [2.24, 2.45) is 4.99 Å². The van der Waals surface area contributed by atoms with E-state index >= 15 is 0 Å². The van der Waals surface area contributed by atoms with Gasteiger partial charge in [-0.25, -0.2) is 4.99 Å². The average Bonchev–Trinajstić information content (AvgIpc) is 3.04. The number of amides is 1. The zero-order valence-corrected chi connectivity index (χ0v) is 18.8. The maximum atomic E-state index is 12.6. The Labute approximate surface area is 194 Å². The average molecular weight is 470 g/mol. The van der Waals surface area contributed by atoms with Crippen molar-refractivity contribution in [2.45, 2.75) is 6.61 Å². The Kier molecular flexibility index (Phi) is 6.61. The van der Waals surface area contributed by atoms with Gasteiger partial charge in [-0.05, 0) is 59.3 Å². The molecule has 1 amide bonds. The highest BCUT2D eigenvalue weighted by Crippen LogP contribution is 2.34. The van der Waals surface area contributed by atoms with Crippen LogP contribution in [0.4, 0.5) is 5.69 Å². The largest absolute Gasteiger partial charge is 0.489 e. The Morgan fingerprint density at radius 2 is 1.84 bits per heavy atom. The van der Waals surface area contributed by atoms with Gasteiger partial charge in [0.15, 0.2) is 5.17 Å². The van der Waals surface area contributed by atoms with Gasteiger partial charge in [-0.3, -0.25) is 14.7 Å². The molecule has 2 aromatic carbocycles. The normalized spacial score (nSPS) is 16.4. The summed E-state index contributed by atoms with van der Waals surface area (Å²) in [5.41, 5.74) is 2.50. The molecule has 0 unspecified atom stereocenters. The van der Waals surface area contributed by atoms with E-state index < -0.39 is 0 Å². The van der Waals surface area contributed by atoms with Crippen LogP contribution in [0.5, 0.6) is 5.75 Å². The van der Waals surface area contributed by atoms with Crippen molar-refractivity contribution in [3.63, 3.8) is 0 Å². The van der Waals surface area contributed by atoms with Crippen molar-refractivity contribution in [3.8, 4) is 5.75 Å². The summed E-state index contributed by atoms with van der Waals surface area (Å²) in [6.45, 7) is 0.453.